The van der Waals surface area contributed by atoms with Gasteiger partial charge in [0.1, 0.15) is 0 Å². The summed E-state index contributed by atoms with van der Waals surface area (Å²) in [5, 5.41) is 0. The largest absolute Gasteiger partial charge is 0.469 e. The third-order valence-electron chi connectivity index (χ3n) is 4.95. The number of nitrogens with zero attached hydrogens (tertiary/aromatic N) is 1. The first-order valence-electron chi connectivity index (χ1n) is 7.78. The number of carbonyl (C=O) groups excluding carboxylic acids is 1. The maximum absolute atomic E-state index is 11.6. The smallest absolute Gasteiger partial charge is 0.308 e. The van der Waals surface area contributed by atoms with Crippen molar-refractivity contribution in [3.05, 3.63) is 0 Å². The second-order valence-electron chi connectivity index (χ2n) is 6.03. The number of hydrogen-bond donors (Lipinski definition) is 1. The maximum atomic E-state index is 11.6. The molecule has 2 aliphatic rings. The molecule has 2 fully saturated rings. The summed E-state index contributed by atoms with van der Waals surface area (Å²) in [5.74, 6) is 0.733. The third kappa shape index (κ3) is 3.69. The lowest BCUT2D eigenvalue weighted by Gasteiger charge is -2.39. The summed E-state index contributed by atoms with van der Waals surface area (Å²) < 4.78 is 4.86. The van der Waals surface area contributed by atoms with Crippen molar-refractivity contribution in [3.8, 4) is 0 Å². The van der Waals surface area contributed by atoms with Gasteiger partial charge in [0.25, 0.3) is 0 Å². The molecule has 0 bridgehead atoms. The van der Waals surface area contributed by atoms with Crippen LogP contribution in [0.2, 0.25) is 0 Å². The molecular weight excluding hydrogens is 240 g/mol. The Kier molecular flexibility index (Phi) is 5.64. The second kappa shape index (κ2) is 7.25. The first-order chi connectivity index (χ1) is 9.26. The summed E-state index contributed by atoms with van der Waals surface area (Å²) in [4.78, 5) is 14.2. The van der Waals surface area contributed by atoms with E-state index in [1.807, 2.05) is 0 Å². The molecule has 1 saturated carbocycles. The number of piperidine rings is 1. The number of likely N-dealkylation sites (tertiary alicyclic amines) is 1. The lowest BCUT2D eigenvalue weighted by molar-refractivity contribution is -0.147. The summed E-state index contributed by atoms with van der Waals surface area (Å²) in [7, 11) is 1.49. The molecule has 2 N–H and O–H groups in total. The molecule has 2 unspecified atom stereocenters. The number of nitrogens with two attached hydrogens (primary N) is 1. The van der Waals surface area contributed by atoms with Crippen molar-refractivity contribution in [3.63, 3.8) is 0 Å². The Morgan fingerprint density at radius 2 is 1.84 bits per heavy atom. The highest BCUT2D eigenvalue weighted by molar-refractivity contribution is 5.72. The van der Waals surface area contributed by atoms with Crippen molar-refractivity contribution in [2.75, 3.05) is 26.7 Å². The van der Waals surface area contributed by atoms with Gasteiger partial charge >= 0.3 is 5.97 Å². The number of carbonyl (C=O) groups is 1. The average molecular weight is 268 g/mol. The second-order valence-corrected chi connectivity index (χ2v) is 6.03. The van der Waals surface area contributed by atoms with Crippen molar-refractivity contribution in [2.45, 2.75) is 51.0 Å². The molecular formula is C15H28N2O2. The predicted molar refractivity (Wildman–Crippen MR) is 75.7 cm³/mol. The summed E-state index contributed by atoms with van der Waals surface area (Å²) >= 11 is 0. The molecule has 0 aromatic carbocycles. The van der Waals surface area contributed by atoms with Crippen molar-refractivity contribution in [2.24, 2.45) is 17.6 Å². The molecule has 0 amide bonds. The zero-order valence-corrected chi connectivity index (χ0v) is 12.1. The topological polar surface area (TPSA) is 55.6 Å². The van der Waals surface area contributed by atoms with Crippen LogP contribution in [0, 0.1) is 11.8 Å². The highest BCUT2D eigenvalue weighted by Gasteiger charge is 2.32. The Labute approximate surface area is 116 Å². The number of methoxy groups -OCH3 is 1. The molecule has 4 heteroatoms. The molecule has 0 radical (unpaired) electrons. The van der Waals surface area contributed by atoms with Gasteiger partial charge in [-0.05, 0) is 51.2 Å². The van der Waals surface area contributed by atoms with Crippen molar-refractivity contribution < 1.29 is 9.53 Å². The van der Waals surface area contributed by atoms with E-state index < -0.39 is 0 Å². The van der Waals surface area contributed by atoms with Crippen LogP contribution in [0.25, 0.3) is 0 Å². The predicted octanol–water partition coefficient (Wildman–Crippen LogP) is 1.78. The zero-order chi connectivity index (χ0) is 13.7. The fraction of sp³-hybridized carbons (Fsp3) is 0.933. The molecule has 2 rings (SSSR count). The minimum Gasteiger partial charge on any atom is -0.469 e. The molecule has 1 heterocycles. The van der Waals surface area contributed by atoms with E-state index in [1.165, 1.54) is 39.2 Å². The molecule has 2 atom stereocenters. The van der Waals surface area contributed by atoms with Crippen LogP contribution in [0.1, 0.15) is 44.9 Å². The van der Waals surface area contributed by atoms with E-state index in [1.54, 1.807) is 0 Å². The number of esters is 1. The Bertz CT molecular complexity index is 288. The minimum atomic E-state index is -0.0316. The van der Waals surface area contributed by atoms with Crippen LogP contribution in [0.15, 0.2) is 0 Å². The molecule has 4 nitrogen and oxygen atoms in total. The van der Waals surface area contributed by atoms with E-state index in [2.05, 4.69) is 4.90 Å². The van der Waals surface area contributed by atoms with Crippen LogP contribution >= 0.6 is 0 Å². The van der Waals surface area contributed by atoms with Gasteiger partial charge in [-0.2, -0.15) is 0 Å². The Balaban J connectivity index is 1.89. The fourth-order valence-electron chi connectivity index (χ4n) is 3.75. The molecule has 1 aliphatic heterocycles. The molecule has 0 aromatic heterocycles. The van der Waals surface area contributed by atoms with Gasteiger partial charge in [-0.3, -0.25) is 4.79 Å². The van der Waals surface area contributed by atoms with Gasteiger partial charge in [0.15, 0.2) is 0 Å². The van der Waals surface area contributed by atoms with Crippen molar-refractivity contribution in [1.29, 1.82) is 0 Å². The number of rotatable bonds is 3. The van der Waals surface area contributed by atoms with E-state index >= 15 is 0 Å². The van der Waals surface area contributed by atoms with Crippen molar-refractivity contribution >= 4 is 5.97 Å². The van der Waals surface area contributed by atoms with E-state index in [4.69, 9.17) is 10.5 Å². The average Bonchev–Trinajstić information content (AvgIpc) is 2.71. The number of hydrogen-bond acceptors (Lipinski definition) is 4. The minimum absolute atomic E-state index is 0.0316. The van der Waals surface area contributed by atoms with Gasteiger partial charge in [-0.25, -0.2) is 0 Å². The first kappa shape index (κ1) is 14.8. The fourth-order valence-corrected chi connectivity index (χ4v) is 3.75. The summed E-state index contributed by atoms with van der Waals surface area (Å²) in [5.41, 5.74) is 5.97. The van der Waals surface area contributed by atoms with Crippen LogP contribution < -0.4 is 5.73 Å². The summed E-state index contributed by atoms with van der Waals surface area (Å²) in [6.45, 7) is 2.86. The van der Waals surface area contributed by atoms with Gasteiger partial charge < -0.3 is 15.4 Å². The van der Waals surface area contributed by atoms with Crippen LogP contribution in [-0.2, 0) is 9.53 Å². The monoisotopic (exact) mass is 268 g/mol. The summed E-state index contributed by atoms with van der Waals surface area (Å²) in [6.07, 6.45) is 8.46. The van der Waals surface area contributed by atoms with Gasteiger partial charge in [0, 0.05) is 6.04 Å². The van der Waals surface area contributed by atoms with E-state index in [0.717, 1.165) is 32.5 Å². The zero-order valence-electron chi connectivity index (χ0n) is 12.1. The van der Waals surface area contributed by atoms with Crippen molar-refractivity contribution in [1.82, 2.24) is 4.90 Å². The quantitative estimate of drug-likeness (QED) is 0.626. The van der Waals surface area contributed by atoms with E-state index in [9.17, 15) is 4.79 Å². The van der Waals surface area contributed by atoms with Crippen LogP contribution in [-0.4, -0.2) is 43.7 Å². The molecule has 110 valence electrons. The van der Waals surface area contributed by atoms with E-state index in [-0.39, 0.29) is 11.9 Å². The van der Waals surface area contributed by atoms with Gasteiger partial charge in [-0.15, -0.1) is 0 Å². The SMILES string of the molecule is COC(=O)C1CCN(C2CCCCCC2CN)CC1. The molecule has 19 heavy (non-hydrogen) atoms. The van der Waals surface area contributed by atoms with Crippen LogP contribution in [0.5, 0.6) is 0 Å². The Morgan fingerprint density at radius 3 is 2.47 bits per heavy atom. The van der Waals surface area contributed by atoms with Gasteiger partial charge in [-0.1, -0.05) is 19.3 Å². The molecule has 0 aromatic rings. The van der Waals surface area contributed by atoms with Crippen LogP contribution in [0.3, 0.4) is 0 Å². The number of ether oxygens (including phenoxy) is 1. The molecule has 1 aliphatic carbocycles. The van der Waals surface area contributed by atoms with Crippen LogP contribution in [0.4, 0.5) is 0 Å². The highest BCUT2D eigenvalue weighted by atomic mass is 16.5. The summed E-state index contributed by atoms with van der Waals surface area (Å²) in [6, 6.07) is 0.645. The van der Waals surface area contributed by atoms with Gasteiger partial charge in [0.2, 0.25) is 0 Å². The van der Waals surface area contributed by atoms with Gasteiger partial charge in [0.05, 0.1) is 13.0 Å². The lowest BCUT2D eigenvalue weighted by atomic mass is 9.89. The Hall–Kier alpha value is -0.610. The molecule has 0 spiro atoms. The van der Waals surface area contributed by atoms with E-state index in [0.29, 0.717) is 12.0 Å². The lowest BCUT2D eigenvalue weighted by Crippen LogP contribution is -2.47. The third-order valence-corrected chi connectivity index (χ3v) is 4.95. The maximum Gasteiger partial charge on any atom is 0.308 e. The highest BCUT2D eigenvalue weighted by Crippen LogP contribution is 2.30. The standard InChI is InChI=1S/C15H28N2O2/c1-19-15(18)12-7-9-17(10-8-12)14-6-4-2-3-5-13(14)11-16/h12-14H,2-11,16H2,1H3. The first-order valence-corrected chi connectivity index (χ1v) is 7.78. The molecule has 1 saturated heterocycles. The Morgan fingerprint density at radius 1 is 1.16 bits per heavy atom. The normalized spacial score (nSPS) is 30.8.